The highest BCUT2D eigenvalue weighted by atomic mass is 16.5. The van der Waals surface area contributed by atoms with E-state index < -0.39 is 0 Å². The number of phenolic OH excluding ortho intramolecular Hbond substituents is 1. The van der Waals surface area contributed by atoms with Crippen molar-refractivity contribution in [1.82, 2.24) is 4.98 Å². The molecule has 20 heavy (non-hydrogen) atoms. The van der Waals surface area contributed by atoms with E-state index in [0.29, 0.717) is 18.0 Å². The van der Waals surface area contributed by atoms with Gasteiger partial charge in [0, 0.05) is 12.2 Å². The lowest BCUT2D eigenvalue weighted by atomic mass is 10.1. The molecule has 2 N–H and O–H groups in total. The molecule has 2 rings (SSSR count). The third kappa shape index (κ3) is 3.12. The number of aryl methyl sites for hydroxylation is 1. The van der Waals surface area contributed by atoms with Gasteiger partial charge in [0.1, 0.15) is 0 Å². The minimum absolute atomic E-state index is 0.00996. The van der Waals surface area contributed by atoms with Crippen LogP contribution in [0.3, 0.4) is 0 Å². The van der Waals surface area contributed by atoms with Crippen LogP contribution in [0.15, 0.2) is 30.5 Å². The van der Waals surface area contributed by atoms with Crippen LogP contribution < -0.4 is 14.8 Å². The van der Waals surface area contributed by atoms with Gasteiger partial charge in [-0.15, -0.1) is 0 Å². The molecular weight excluding hydrogens is 256 g/mol. The van der Waals surface area contributed by atoms with Gasteiger partial charge in [-0.3, -0.25) is 4.98 Å². The van der Waals surface area contributed by atoms with Crippen molar-refractivity contribution in [3.05, 3.63) is 41.7 Å². The second-order valence-electron chi connectivity index (χ2n) is 4.39. The second-order valence-corrected chi connectivity index (χ2v) is 4.39. The number of hydrogen-bond acceptors (Lipinski definition) is 5. The second kappa shape index (κ2) is 6.14. The zero-order chi connectivity index (χ0) is 14.5. The molecule has 0 amide bonds. The molecule has 0 aliphatic carbocycles. The van der Waals surface area contributed by atoms with E-state index in [9.17, 15) is 5.11 Å². The molecular formula is C15H18N2O3. The van der Waals surface area contributed by atoms with E-state index in [1.807, 2.05) is 19.1 Å². The van der Waals surface area contributed by atoms with Crippen LogP contribution in [0.4, 0.5) is 5.69 Å². The van der Waals surface area contributed by atoms with E-state index in [-0.39, 0.29) is 5.75 Å². The normalized spacial score (nSPS) is 10.2. The first kappa shape index (κ1) is 14.0. The van der Waals surface area contributed by atoms with Gasteiger partial charge < -0.3 is 19.9 Å². The standard InChI is InChI=1S/C15H18N2O3/c1-10-4-5-12(9-16-10)17-8-11-6-13(19-2)15(18)14(7-11)20-3/h4-7,9,17-18H,8H2,1-3H3. The Bertz CT molecular complexity index is 557. The number of ether oxygens (including phenoxy) is 2. The van der Waals surface area contributed by atoms with E-state index in [4.69, 9.17) is 9.47 Å². The number of rotatable bonds is 5. The molecule has 0 saturated heterocycles. The minimum atomic E-state index is 0.00996. The summed E-state index contributed by atoms with van der Waals surface area (Å²) in [4.78, 5) is 4.22. The van der Waals surface area contributed by atoms with Crippen LogP contribution in [0, 0.1) is 6.92 Å². The van der Waals surface area contributed by atoms with Crippen LogP contribution in [-0.2, 0) is 6.54 Å². The molecule has 5 nitrogen and oxygen atoms in total. The zero-order valence-corrected chi connectivity index (χ0v) is 11.8. The molecule has 0 aliphatic rings. The lowest BCUT2D eigenvalue weighted by Crippen LogP contribution is -2.01. The van der Waals surface area contributed by atoms with Gasteiger partial charge in [-0.1, -0.05) is 0 Å². The van der Waals surface area contributed by atoms with Crippen molar-refractivity contribution in [1.29, 1.82) is 0 Å². The molecule has 1 heterocycles. The monoisotopic (exact) mass is 274 g/mol. The molecule has 0 bridgehead atoms. The van der Waals surface area contributed by atoms with Crippen molar-refractivity contribution in [3.8, 4) is 17.2 Å². The van der Waals surface area contributed by atoms with E-state index >= 15 is 0 Å². The van der Waals surface area contributed by atoms with E-state index in [2.05, 4.69) is 10.3 Å². The first-order chi connectivity index (χ1) is 9.63. The van der Waals surface area contributed by atoms with Gasteiger partial charge >= 0.3 is 0 Å². The molecule has 0 unspecified atom stereocenters. The lowest BCUT2D eigenvalue weighted by molar-refractivity contribution is 0.339. The predicted molar refractivity (Wildman–Crippen MR) is 77.5 cm³/mol. The Morgan fingerprint density at radius 1 is 1.15 bits per heavy atom. The van der Waals surface area contributed by atoms with E-state index in [1.54, 1.807) is 18.3 Å². The third-order valence-electron chi connectivity index (χ3n) is 2.95. The molecule has 0 saturated carbocycles. The molecule has 0 atom stereocenters. The first-order valence-corrected chi connectivity index (χ1v) is 6.24. The Morgan fingerprint density at radius 2 is 1.80 bits per heavy atom. The van der Waals surface area contributed by atoms with E-state index in [0.717, 1.165) is 16.9 Å². The molecule has 5 heteroatoms. The van der Waals surface area contributed by atoms with Crippen molar-refractivity contribution in [2.24, 2.45) is 0 Å². The average molecular weight is 274 g/mol. The van der Waals surface area contributed by atoms with Crippen molar-refractivity contribution in [3.63, 3.8) is 0 Å². The minimum Gasteiger partial charge on any atom is -0.502 e. The fraction of sp³-hybridized carbons (Fsp3) is 0.267. The lowest BCUT2D eigenvalue weighted by Gasteiger charge is -2.12. The maximum absolute atomic E-state index is 9.85. The Kier molecular flexibility index (Phi) is 4.30. The summed E-state index contributed by atoms with van der Waals surface area (Å²) in [5.74, 6) is 0.794. The highest BCUT2D eigenvalue weighted by Crippen LogP contribution is 2.37. The largest absolute Gasteiger partial charge is 0.502 e. The molecule has 0 fully saturated rings. The van der Waals surface area contributed by atoms with Gasteiger partial charge in [0.05, 0.1) is 26.1 Å². The van der Waals surface area contributed by atoms with Crippen LogP contribution in [0.5, 0.6) is 17.2 Å². The number of anilines is 1. The summed E-state index contributed by atoms with van der Waals surface area (Å²) in [6, 6.07) is 7.45. The van der Waals surface area contributed by atoms with E-state index in [1.165, 1.54) is 14.2 Å². The van der Waals surface area contributed by atoms with Gasteiger partial charge in [0.25, 0.3) is 0 Å². The number of methoxy groups -OCH3 is 2. The zero-order valence-electron chi connectivity index (χ0n) is 11.8. The Hall–Kier alpha value is -2.43. The molecule has 0 aliphatic heterocycles. The van der Waals surface area contributed by atoms with Gasteiger partial charge in [-0.2, -0.15) is 0 Å². The number of pyridine rings is 1. The highest BCUT2D eigenvalue weighted by Gasteiger charge is 2.10. The molecule has 1 aromatic heterocycles. The Labute approximate surface area is 118 Å². The SMILES string of the molecule is COc1cc(CNc2ccc(C)nc2)cc(OC)c1O. The smallest absolute Gasteiger partial charge is 0.200 e. The predicted octanol–water partition coefficient (Wildman–Crippen LogP) is 2.72. The summed E-state index contributed by atoms with van der Waals surface area (Å²) in [5.41, 5.74) is 2.85. The van der Waals surface area contributed by atoms with Crippen LogP contribution in [0.2, 0.25) is 0 Å². The number of benzene rings is 1. The number of aromatic hydroxyl groups is 1. The van der Waals surface area contributed by atoms with Crippen LogP contribution >= 0.6 is 0 Å². The molecule has 0 spiro atoms. The fourth-order valence-corrected chi connectivity index (χ4v) is 1.83. The van der Waals surface area contributed by atoms with Crippen molar-refractivity contribution >= 4 is 5.69 Å². The fourth-order valence-electron chi connectivity index (χ4n) is 1.83. The van der Waals surface area contributed by atoms with Crippen LogP contribution in [-0.4, -0.2) is 24.3 Å². The summed E-state index contributed by atoms with van der Waals surface area (Å²) in [6.07, 6.45) is 1.78. The Balaban J connectivity index is 2.14. The number of nitrogens with one attached hydrogen (secondary N) is 1. The first-order valence-electron chi connectivity index (χ1n) is 6.24. The maximum atomic E-state index is 9.85. The summed E-state index contributed by atoms with van der Waals surface area (Å²) in [5, 5.41) is 13.1. The van der Waals surface area contributed by atoms with Crippen molar-refractivity contribution < 1.29 is 14.6 Å². The quantitative estimate of drug-likeness (QED) is 0.877. The topological polar surface area (TPSA) is 63.6 Å². The molecule has 106 valence electrons. The van der Waals surface area contributed by atoms with Crippen molar-refractivity contribution in [2.45, 2.75) is 13.5 Å². The number of aromatic nitrogens is 1. The summed E-state index contributed by atoms with van der Waals surface area (Å²) >= 11 is 0. The summed E-state index contributed by atoms with van der Waals surface area (Å²) in [6.45, 7) is 2.53. The van der Waals surface area contributed by atoms with Crippen LogP contribution in [0.1, 0.15) is 11.3 Å². The van der Waals surface area contributed by atoms with Gasteiger partial charge in [0.2, 0.25) is 5.75 Å². The number of hydrogen-bond donors (Lipinski definition) is 2. The number of nitrogens with zero attached hydrogens (tertiary/aromatic N) is 1. The van der Waals surface area contributed by atoms with Crippen molar-refractivity contribution in [2.75, 3.05) is 19.5 Å². The summed E-state index contributed by atoms with van der Waals surface area (Å²) < 4.78 is 10.3. The molecule has 2 aromatic rings. The highest BCUT2D eigenvalue weighted by molar-refractivity contribution is 5.53. The Morgan fingerprint density at radius 3 is 2.30 bits per heavy atom. The third-order valence-corrected chi connectivity index (χ3v) is 2.95. The van der Waals surface area contributed by atoms with Gasteiger partial charge in [-0.05, 0) is 36.8 Å². The van der Waals surface area contributed by atoms with Gasteiger partial charge in [0.15, 0.2) is 11.5 Å². The average Bonchev–Trinajstić information content (AvgIpc) is 2.47. The van der Waals surface area contributed by atoms with Crippen LogP contribution in [0.25, 0.3) is 0 Å². The van der Waals surface area contributed by atoms with Gasteiger partial charge in [-0.25, -0.2) is 0 Å². The summed E-state index contributed by atoms with van der Waals surface area (Å²) in [7, 11) is 3.02. The molecule has 0 radical (unpaired) electrons. The number of phenols is 1. The molecule has 1 aromatic carbocycles. The maximum Gasteiger partial charge on any atom is 0.200 e.